The van der Waals surface area contributed by atoms with Gasteiger partial charge < -0.3 is 4.74 Å². The summed E-state index contributed by atoms with van der Waals surface area (Å²) in [6.07, 6.45) is 6.16. The van der Waals surface area contributed by atoms with E-state index in [-0.39, 0.29) is 11.2 Å². The number of halogens is 1. The summed E-state index contributed by atoms with van der Waals surface area (Å²) in [5.41, 5.74) is 4.38. The molecule has 0 aliphatic carbocycles. The van der Waals surface area contributed by atoms with Gasteiger partial charge in [-0.05, 0) is 72.7 Å². The topological polar surface area (TPSA) is 12.5 Å². The summed E-state index contributed by atoms with van der Waals surface area (Å²) in [6, 6.07) is 11.6. The highest BCUT2D eigenvalue weighted by Gasteiger charge is 2.18. The first kappa shape index (κ1) is 20.9. The fourth-order valence-electron chi connectivity index (χ4n) is 4.14. The summed E-state index contributed by atoms with van der Waals surface area (Å²) >= 11 is 0. The second-order valence-corrected chi connectivity index (χ2v) is 9.27. The van der Waals surface area contributed by atoms with Crippen LogP contribution in [-0.2, 0) is 13.0 Å². The Hall–Kier alpha value is -1.87. The highest BCUT2D eigenvalue weighted by Crippen LogP contribution is 2.33. The zero-order chi connectivity index (χ0) is 20.1. The molecule has 2 nitrogen and oxygen atoms in total. The Morgan fingerprint density at radius 2 is 1.64 bits per heavy atom. The van der Waals surface area contributed by atoms with Crippen LogP contribution in [0.3, 0.4) is 0 Å². The fraction of sp³-hybridized carbons (Fsp3) is 0.520. The molecule has 0 unspecified atom stereocenters. The van der Waals surface area contributed by atoms with Gasteiger partial charge in [-0.3, -0.25) is 4.90 Å². The Kier molecular flexibility index (Phi) is 6.77. The first-order valence-corrected chi connectivity index (χ1v) is 10.5. The average Bonchev–Trinajstić information content (AvgIpc) is 2.90. The monoisotopic (exact) mass is 383 g/mol. The van der Waals surface area contributed by atoms with E-state index in [0.717, 1.165) is 31.6 Å². The van der Waals surface area contributed by atoms with Crippen LogP contribution in [-0.4, -0.2) is 25.1 Å². The number of hydrogen-bond donors (Lipinski definition) is 0. The number of ether oxygens (including phenoxy) is 1. The lowest BCUT2D eigenvalue weighted by Gasteiger charge is -2.24. The van der Waals surface area contributed by atoms with Gasteiger partial charge in [-0.15, -0.1) is 0 Å². The van der Waals surface area contributed by atoms with Crippen LogP contribution in [0.15, 0.2) is 36.4 Å². The summed E-state index contributed by atoms with van der Waals surface area (Å²) in [6.45, 7) is 9.92. The molecule has 3 heteroatoms. The zero-order valence-corrected chi connectivity index (χ0v) is 17.9. The van der Waals surface area contributed by atoms with E-state index in [4.69, 9.17) is 4.74 Å². The molecule has 0 spiro atoms. The fourth-order valence-corrected chi connectivity index (χ4v) is 4.14. The van der Waals surface area contributed by atoms with Gasteiger partial charge in [0.15, 0.2) is 0 Å². The van der Waals surface area contributed by atoms with Gasteiger partial charge >= 0.3 is 0 Å². The molecule has 0 N–H and O–H groups in total. The molecule has 1 aliphatic heterocycles. The third-order valence-electron chi connectivity index (χ3n) is 5.46. The van der Waals surface area contributed by atoms with Gasteiger partial charge in [0.05, 0.1) is 7.11 Å². The van der Waals surface area contributed by atoms with Crippen LogP contribution in [0.5, 0.6) is 5.75 Å². The maximum Gasteiger partial charge on any atom is 0.131 e. The largest absolute Gasteiger partial charge is 0.497 e. The molecule has 152 valence electrons. The van der Waals surface area contributed by atoms with Gasteiger partial charge in [-0.1, -0.05) is 51.8 Å². The highest BCUT2D eigenvalue weighted by atomic mass is 19.1. The van der Waals surface area contributed by atoms with Crippen molar-refractivity contribution in [3.05, 3.63) is 53.3 Å². The van der Waals surface area contributed by atoms with E-state index in [0.29, 0.717) is 11.3 Å². The lowest BCUT2D eigenvalue weighted by molar-refractivity contribution is 0.277. The predicted molar refractivity (Wildman–Crippen MR) is 115 cm³/mol. The Balaban J connectivity index is 2.00. The molecule has 1 heterocycles. The molecule has 1 fully saturated rings. The van der Waals surface area contributed by atoms with E-state index in [1.165, 1.54) is 42.9 Å². The van der Waals surface area contributed by atoms with Crippen LogP contribution in [0.4, 0.5) is 4.39 Å². The van der Waals surface area contributed by atoms with Crippen molar-refractivity contribution < 1.29 is 9.13 Å². The molecular weight excluding hydrogens is 349 g/mol. The van der Waals surface area contributed by atoms with Crippen molar-refractivity contribution in [2.75, 3.05) is 20.2 Å². The first-order chi connectivity index (χ1) is 13.4. The number of nitrogens with zero attached hydrogens (tertiary/aromatic N) is 1. The van der Waals surface area contributed by atoms with Gasteiger partial charge in [-0.2, -0.15) is 0 Å². The molecule has 2 aromatic rings. The van der Waals surface area contributed by atoms with Crippen molar-refractivity contribution >= 4 is 0 Å². The maximum absolute atomic E-state index is 14.7. The molecule has 3 rings (SSSR count). The standard InChI is InChI=1S/C25H34FNO/c1-25(2,3)17-19-9-11-22(23-16-21(28-4)10-12-24(23)26)20(15-19)18-27-13-7-5-6-8-14-27/h9-12,15-16H,5-8,13-14,17-18H2,1-4H3. The van der Waals surface area contributed by atoms with Crippen LogP contribution < -0.4 is 4.74 Å². The van der Waals surface area contributed by atoms with E-state index in [1.54, 1.807) is 13.2 Å². The van der Waals surface area contributed by atoms with Crippen LogP contribution in [0.2, 0.25) is 0 Å². The third-order valence-corrected chi connectivity index (χ3v) is 5.46. The minimum Gasteiger partial charge on any atom is -0.497 e. The molecular formula is C25H34FNO. The summed E-state index contributed by atoms with van der Waals surface area (Å²) < 4.78 is 20.1. The van der Waals surface area contributed by atoms with E-state index < -0.39 is 0 Å². The molecule has 1 aliphatic rings. The molecule has 1 saturated heterocycles. The first-order valence-electron chi connectivity index (χ1n) is 10.5. The van der Waals surface area contributed by atoms with Crippen LogP contribution in [0.25, 0.3) is 11.1 Å². The molecule has 2 aromatic carbocycles. The molecule has 0 atom stereocenters. The van der Waals surface area contributed by atoms with Gasteiger partial charge in [0.2, 0.25) is 0 Å². The van der Waals surface area contributed by atoms with Crippen LogP contribution >= 0.6 is 0 Å². The Morgan fingerprint density at radius 3 is 2.29 bits per heavy atom. The quantitative estimate of drug-likeness (QED) is 0.587. The lowest BCUT2D eigenvalue weighted by Crippen LogP contribution is -2.24. The number of benzene rings is 2. The van der Waals surface area contributed by atoms with Crippen molar-refractivity contribution in [3.63, 3.8) is 0 Å². The van der Waals surface area contributed by atoms with Gasteiger partial charge in [-0.25, -0.2) is 4.39 Å². The van der Waals surface area contributed by atoms with E-state index in [9.17, 15) is 4.39 Å². The van der Waals surface area contributed by atoms with Crippen LogP contribution in [0.1, 0.15) is 57.6 Å². The molecule has 0 aromatic heterocycles. The molecule has 28 heavy (non-hydrogen) atoms. The summed E-state index contributed by atoms with van der Waals surface area (Å²) in [7, 11) is 1.63. The van der Waals surface area contributed by atoms with Crippen molar-refractivity contribution in [1.29, 1.82) is 0 Å². The van der Waals surface area contributed by atoms with Gasteiger partial charge in [0, 0.05) is 12.1 Å². The average molecular weight is 384 g/mol. The van der Waals surface area contributed by atoms with E-state index in [2.05, 4.69) is 43.9 Å². The SMILES string of the molecule is COc1ccc(F)c(-c2ccc(CC(C)(C)C)cc2CN2CCCCCC2)c1. The van der Waals surface area contributed by atoms with Gasteiger partial charge in [0.25, 0.3) is 0 Å². The van der Waals surface area contributed by atoms with Crippen molar-refractivity contribution in [1.82, 2.24) is 4.90 Å². The Morgan fingerprint density at radius 1 is 0.929 bits per heavy atom. The minimum atomic E-state index is -0.193. The van der Waals surface area contributed by atoms with Crippen molar-refractivity contribution in [2.24, 2.45) is 5.41 Å². The zero-order valence-electron chi connectivity index (χ0n) is 17.9. The molecule has 0 radical (unpaired) electrons. The summed E-state index contributed by atoms with van der Waals surface area (Å²) in [4.78, 5) is 2.53. The minimum absolute atomic E-state index is 0.193. The van der Waals surface area contributed by atoms with E-state index in [1.807, 2.05) is 6.07 Å². The number of rotatable bonds is 5. The Labute approximate surface area is 169 Å². The number of likely N-dealkylation sites (tertiary alicyclic amines) is 1. The number of methoxy groups -OCH3 is 1. The van der Waals surface area contributed by atoms with Crippen molar-refractivity contribution in [2.45, 2.75) is 59.4 Å². The summed E-state index contributed by atoms with van der Waals surface area (Å²) in [5.74, 6) is 0.498. The predicted octanol–water partition coefficient (Wildman–Crippen LogP) is 6.47. The lowest BCUT2D eigenvalue weighted by atomic mass is 9.86. The van der Waals surface area contributed by atoms with E-state index >= 15 is 0 Å². The summed E-state index contributed by atoms with van der Waals surface area (Å²) in [5, 5.41) is 0. The maximum atomic E-state index is 14.7. The van der Waals surface area contributed by atoms with Gasteiger partial charge in [0.1, 0.15) is 11.6 Å². The Bertz CT molecular complexity index is 786. The highest BCUT2D eigenvalue weighted by molar-refractivity contribution is 5.70. The molecule has 0 amide bonds. The molecule has 0 bridgehead atoms. The smallest absolute Gasteiger partial charge is 0.131 e. The number of hydrogen-bond acceptors (Lipinski definition) is 2. The normalized spacial score (nSPS) is 16.0. The van der Waals surface area contributed by atoms with Crippen LogP contribution in [0, 0.1) is 11.2 Å². The van der Waals surface area contributed by atoms with Crippen molar-refractivity contribution in [3.8, 4) is 16.9 Å². The molecule has 0 saturated carbocycles. The third kappa shape index (κ3) is 5.57. The second kappa shape index (κ2) is 9.09. The second-order valence-electron chi connectivity index (χ2n) is 9.27.